The lowest BCUT2D eigenvalue weighted by Crippen LogP contribution is -2.54. The molecule has 1 fully saturated rings. The first kappa shape index (κ1) is 22.3. The van der Waals surface area contributed by atoms with E-state index in [0.29, 0.717) is 10.7 Å². The summed E-state index contributed by atoms with van der Waals surface area (Å²) >= 11 is 12.8. The Labute approximate surface area is 201 Å². The summed E-state index contributed by atoms with van der Waals surface area (Å²) < 4.78 is 0. The summed E-state index contributed by atoms with van der Waals surface area (Å²) in [5, 5.41) is 3.41. The van der Waals surface area contributed by atoms with Gasteiger partial charge in [0.1, 0.15) is 5.57 Å². The van der Waals surface area contributed by atoms with E-state index in [-0.39, 0.29) is 10.7 Å². The Hall–Kier alpha value is -2.93. The van der Waals surface area contributed by atoms with Crippen molar-refractivity contribution in [2.24, 2.45) is 0 Å². The molecular formula is C25H19ClN2O2S2. The van der Waals surface area contributed by atoms with Gasteiger partial charge < -0.3 is 0 Å². The third-order valence-electron chi connectivity index (χ3n) is 4.81. The topological polar surface area (TPSA) is 49.4 Å². The number of thiocarbonyl (C=S) groups is 1. The quantitative estimate of drug-likeness (QED) is 0.286. The fraction of sp³-hybridized carbons (Fsp3) is 0.0800. The molecule has 0 unspecified atom stereocenters. The van der Waals surface area contributed by atoms with Gasteiger partial charge in [0.25, 0.3) is 11.8 Å². The monoisotopic (exact) mass is 478 g/mol. The van der Waals surface area contributed by atoms with Gasteiger partial charge in [-0.05, 0) is 97.4 Å². The normalized spacial score (nSPS) is 15.3. The van der Waals surface area contributed by atoms with Gasteiger partial charge in [-0.1, -0.05) is 41.6 Å². The highest BCUT2D eigenvalue weighted by atomic mass is 35.5. The summed E-state index contributed by atoms with van der Waals surface area (Å²) in [4.78, 5) is 29.2. The second-order valence-corrected chi connectivity index (χ2v) is 9.40. The average molecular weight is 479 g/mol. The summed E-state index contributed by atoms with van der Waals surface area (Å²) in [5.74, 6) is -0.941. The highest BCUT2D eigenvalue weighted by molar-refractivity contribution is 7.99. The van der Waals surface area contributed by atoms with E-state index in [4.69, 9.17) is 23.8 Å². The molecule has 0 aromatic heterocycles. The van der Waals surface area contributed by atoms with Crippen molar-refractivity contribution in [3.63, 3.8) is 0 Å². The van der Waals surface area contributed by atoms with E-state index in [1.807, 2.05) is 80.6 Å². The predicted octanol–water partition coefficient (Wildman–Crippen LogP) is 5.94. The number of nitrogens with zero attached hydrogens (tertiary/aromatic N) is 1. The second kappa shape index (κ2) is 9.28. The molecule has 1 aliphatic rings. The summed E-state index contributed by atoms with van der Waals surface area (Å²) in [6, 6.07) is 21.0. The highest BCUT2D eigenvalue weighted by Crippen LogP contribution is 2.29. The molecule has 3 aromatic rings. The van der Waals surface area contributed by atoms with Gasteiger partial charge in [0.15, 0.2) is 5.11 Å². The molecule has 1 saturated heterocycles. The largest absolute Gasteiger partial charge is 0.298 e. The molecule has 0 atom stereocenters. The van der Waals surface area contributed by atoms with Crippen LogP contribution in [0.4, 0.5) is 5.69 Å². The summed E-state index contributed by atoms with van der Waals surface area (Å²) in [5.41, 5.74) is 3.43. The Kier molecular flexibility index (Phi) is 6.46. The van der Waals surface area contributed by atoms with E-state index in [2.05, 4.69) is 5.32 Å². The Morgan fingerprint density at radius 2 is 1.47 bits per heavy atom. The van der Waals surface area contributed by atoms with E-state index in [1.165, 1.54) is 4.90 Å². The van der Waals surface area contributed by atoms with E-state index in [1.54, 1.807) is 17.8 Å². The van der Waals surface area contributed by atoms with E-state index >= 15 is 0 Å². The first-order valence-electron chi connectivity index (χ1n) is 9.83. The van der Waals surface area contributed by atoms with Crippen molar-refractivity contribution in [1.82, 2.24) is 5.32 Å². The van der Waals surface area contributed by atoms with Crippen LogP contribution in [0.15, 0.2) is 82.1 Å². The van der Waals surface area contributed by atoms with Crippen LogP contribution in [-0.2, 0) is 9.59 Å². The molecule has 3 aromatic carbocycles. The molecule has 0 bridgehead atoms. The minimum atomic E-state index is -0.500. The maximum atomic E-state index is 13.2. The van der Waals surface area contributed by atoms with Crippen molar-refractivity contribution in [1.29, 1.82) is 0 Å². The van der Waals surface area contributed by atoms with Crippen molar-refractivity contribution in [2.75, 3.05) is 4.90 Å². The number of aryl methyl sites for hydroxylation is 2. The minimum absolute atomic E-state index is 0.0378. The van der Waals surface area contributed by atoms with Gasteiger partial charge >= 0.3 is 0 Å². The Morgan fingerprint density at radius 3 is 2.06 bits per heavy atom. The number of hydrogen-bond donors (Lipinski definition) is 1. The first-order chi connectivity index (χ1) is 15.3. The lowest BCUT2D eigenvalue weighted by Gasteiger charge is -2.29. The molecule has 1 N–H and O–H groups in total. The highest BCUT2D eigenvalue weighted by Gasteiger charge is 2.34. The van der Waals surface area contributed by atoms with E-state index < -0.39 is 11.8 Å². The molecule has 0 saturated carbocycles. The minimum Gasteiger partial charge on any atom is -0.298 e. The van der Waals surface area contributed by atoms with Crippen molar-refractivity contribution < 1.29 is 9.59 Å². The molecule has 1 heterocycles. The third kappa shape index (κ3) is 4.93. The zero-order chi connectivity index (χ0) is 22.8. The fourth-order valence-corrected chi connectivity index (χ4v) is 4.63. The fourth-order valence-electron chi connectivity index (χ4n) is 3.41. The molecule has 4 rings (SSSR count). The van der Waals surface area contributed by atoms with Crippen molar-refractivity contribution >= 4 is 64.3 Å². The number of halogens is 1. The van der Waals surface area contributed by atoms with Gasteiger partial charge in [0, 0.05) is 14.8 Å². The number of carbonyl (C=O) groups excluding carboxylic acids is 2. The van der Waals surface area contributed by atoms with Crippen LogP contribution in [0.25, 0.3) is 6.08 Å². The van der Waals surface area contributed by atoms with Gasteiger partial charge in [0.05, 0.1) is 5.69 Å². The van der Waals surface area contributed by atoms with Gasteiger partial charge in [-0.25, -0.2) is 0 Å². The van der Waals surface area contributed by atoms with Crippen LogP contribution in [0.1, 0.15) is 16.7 Å². The lowest BCUT2D eigenvalue weighted by atomic mass is 10.1. The number of anilines is 1. The maximum Gasteiger partial charge on any atom is 0.270 e. The van der Waals surface area contributed by atoms with Gasteiger partial charge in [0.2, 0.25) is 0 Å². The van der Waals surface area contributed by atoms with Crippen LogP contribution in [0.5, 0.6) is 0 Å². The number of rotatable bonds is 4. The van der Waals surface area contributed by atoms with Crippen molar-refractivity contribution in [3.05, 3.63) is 94.0 Å². The Bertz CT molecular complexity index is 1230. The molecule has 0 radical (unpaired) electrons. The number of nitrogens with one attached hydrogen (secondary N) is 1. The Balaban J connectivity index is 1.59. The van der Waals surface area contributed by atoms with Crippen LogP contribution in [0.3, 0.4) is 0 Å². The van der Waals surface area contributed by atoms with Gasteiger partial charge in [-0.3, -0.25) is 19.8 Å². The van der Waals surface area contributed by atoms with Crippen LogP contribution in [-0.4, -0.2) is 16.9 Å². The molecule has 0 aliphatic carbocycles. The molecule has 7 heteroatoms. The number of hydrogen-bond acceptors (Lipinski definition) is 4. The smallest absolute Gasteiger partial charge is 0.270 e. The van der Waals surface area contributed by atoms with Crippen LogP contribution < -0.4 is 10.2 Å². The third-order valence-corrected chi connectivity index (χ3v) is 6.36. The van der Waals surface area contributed by atoms with Crippen LogP contribution in [0, 0.1) is 13.8 Å². The van der Waals surface area contributed by atoms with Crippen LogP contribution in [0.2, 0.25) is 5.02 Å². The Morgan fingerprint density at radius 1 is 0.906 bits per heavy atom. The molecule has 32 heavy (non-hydrogen) atoms. The molecule has 4 nitrogen and oxygen atoms in total. The molecule has 2 amide bonds. The average Bonchev–Trinajstić information content (AvgIpc) is 2.73. The summed E-state index contributed by atoms with van der Waals surface area (Å²) in [6.07, 6.45) is 1.59. The second-order valence-electron chi connectivity index (χ2n) is 7.43. The SMILES string of the molecule is Cc1cc(C)cc(N2C(=O)/C(=C/c3ccc(Sc4ccc(Cl)cc4)cc3)C(=O)NC2=S)c1. The van der Waals surface area contributed by atoms with Crippen LogP contribution >= 0.6 is 35.6 Å². The number of carbonyl (C=O) groups is 2. The molecule has 1 aliphatic heterocycles. The standard InChI is InChI=1S/C25H19ClN2O2S2/c1-15-11-16(2)13-19(12-15)28-24(30)22(23(29)27-25(28)31)14-17-3-7-20(8-4-17)32-21-9-5-18(26)6-10-21/h3-14H,1-2H3,(H,27,29,31)/b22-14+. The van der Waals surface area contributed by atoms with E-state index in [9.17, 15) is 9.59 Å². The summed E-state index contributed by atoms with van der Waals surface area (Å²) in [6.45, 7) is 3.90. The molecular weight excluding hydrogens is 460 g/mol. The van der Waals surface area contributed by atoms with Gasteiger partial charge in [-0.15, -0.1) is 0 Å². The summed E-state index contributed by atoms with van der Waals surface area (Å²) in [7, 11) is 0. The van der Waals surface area contributed by atoms with Crippen molar-refractivity contribution in [2.45, 2.75) is 23.6 Å². The van der Waals surface area contributed by atoms with Gasteiger partial charge in [-0.2, -0.15) is 0 Å². The first-order valence-corrected chi connectivity index (χ1v) is 11.4. The zero-order valence-electron chi connectivity index (χ0n) is 17.4. The van der Waals surface area contributed by atoms with Crippen molar-refractivity contribution in [3.8, 4) is 0 Å². The number of benzene rings is 3. The molecule has 0 spiro atoms. The predicted molar refractivity (Wildman–Crippen MR) is 134 cm³/mol. The maximum absolute atomic E-state index is 13.2. The van der Waals surface area contributed by atoms with E-state index in [0.717, 1.165) is 26.5 Å². The number of amides is 2. The lowest BCUT2D eigenvalue weighted by molar-refractivity contribution is -0.122. The molecule has 160 valence electrons. The zero-order valence-corrected chi connectivity index (χ0v) is 19.8.